The Bertz CT molecular complexity index is 619. The van der Waals surface area contributed by atoms with Gasteiger partial charge in [-0.15, -0.1) is 0 Å². The first-order valence-corrected chi connectivity index (χ1v) is 8.61. The fourth-order valence-electron chi connectivity index (χ4n) is 2.52. The van der Waals surface area contributed by atoms with Crippen LogP contribution in [0.1, 0.15) is 36.8 Å². The molecule has 1 aromatic rings. The summed E-state index contributed by atoms with van der Waals surface area (Å²) in [4.78, 5) is 12.0. The van der Waals surface area contributed by atoms with Crippen molar-refractivity contribution in [1.82, 2.24) is 4.72 Å². The standard InChI is InChI=1S/C15H21NO4S/c1-11-5-7-14(12(2)10-11)21(18,19)16-15(17)8-6-13-4-3-9-20-13/h5,7,10,13H,3-4,6,8-9H2,1-2H3,(H,16,17)/t13-/m0/s1. The average Bonchev–Trinajstić information content (AvgIpc) is 2.88. The van der Waals surface area contributed by atoms with Gasteiger partial charge in [-0.05, 0) is 44.7 Å². The van der Waals surface area contributed by atoms with E-state index in [-0.39, 0.29) is 17.4 Å². The van der Waals surface area contributed by atoms with Crippen molar-refractivity contribution in [3.05, 3.63) is 29.3 Å². The lowest BCUT2D eigenvalue weighted by Gasteiger charge is -2.11. The molecular formula is C15H21NO4S. The highest BCUT2D eigenvalue weighted by atomic mass is 32.2. The predicted molar refractivity (Wildman–Crippen MR) is 79.5 cm³/mol. The minimum absolute atomic E-state index is 0.0829. The monoisotopic (exact) mass is 311 g/mol. The highest BCUT2D eigenvalue weighted by Gasteiger charge is 2.21. The Morgan fingerprint density at radius 3 is 2.76 bits per heavy atom. The molecule has 5 nitrogen and oxygen atoms in total. The van der Waals surface area contributed by atoms with Crippen molar-refractivity contribution in [1.29, 1.82) is 0 Å². The summed E-state index contributed by atoms with van der Waals surface area (Å²) in [6.45, 7) is 4.34. The lowest BCUT2D eigenvalue weighted by atomic mass is 10.1. The number of benzene rings is 1. The summed E-state index contributed by atoms with van der Waals surface area (Å²) < 4.78 is 32.0. The van der Waals surface area contributed by atoms with Crippen LogP contribution in [0.25, 0.3) is 0 Å². The zero-order valence-electron chi connectivity index (χ0n) is 12.4. The van der Waals surface area contributed by atoms with Gasteiger partial charge >= 0.3 is 0 Å². The molecular weight excluding hydrogens is 290 g/mol. The average molecular weight is 311 g/mol. The Kier molecular flexibility index (Phi) is 5.00. The molecule has 1 atom stereocenters. The van der Waals surface area contributed by atoms with Crippen LogP contribution in [0, 0.1) is 13.8 Å². The van der Waals surface area contributed by atoms with Gasteiger partial charge in [-0.1, -0.05) is 17.7 Å². The molecule has 1 aliphatic heterocycles. The maximum atomic E-state index is 12.2. The highest BCUT2D eigenvalue weighted by Crippen LogP contribution is 2.18. The van der Waals surface area contributed by atoms with Gasteiger partial charge in [0.05, 0.1) is 11.0 Å². The second kappa shape index (κ2) is 6.58. The zero-order chi connectivity index (χ0) is 15.5. The number of ether oxygens (including phenoxy) is 1. The highest BCUT2D eigenvalue weighted by molar-refractivity contribution is 7.90. The molecule has 1 amide bonds. The normalized spacial score (nSPS) is 18.7. The largest absolute Gasteiger partial charge is 0.378 e. The molecule has 0 aliphatic carbocycles. The van der Waals surface area contributed by atoms with Crippen molar-refractivity contribution in [2.45, 2.75) is 50.5 Å². The number of hydrogen-bond acceptors (Lipinski definition) is 4. The molecule has 1 aromatic carbocycles. The van der Waals surface area contributed by atoms with Crippen molar-refractivity contribution in [2.75, 3.05) is 6.61 Å². The van der Waals surface area contributed by atoms with Crippen LogP contribution in [0.3, 0.4) is 0 Å². The van der Waals surface area contributed by atoms with Gasteiger partial charge in [-0.25, -0.2) is 13.1 Å². The van der Waals surface area contributed by atoms with Gasteiger partial charge in [-0.2, -0.15) is 0 Å². The van der Waals surface area contributed by atoms with E-state index in [1.165, 1.54) is 6.07 Å². The zero-order valence-corrected chi connectivity index (χ0v) is 13.2. The first-order valence-electron chi connectivity index (χ1n) is 7.13. The van der Waals surface area contributed by atoms with Crippen molar-refractivity contribution < 1.29 is 17.9 Å². The molecule has 0 bridgehead atoms. The van der Waals surface area contributed by atoms with E-state index in [0.29, 0.717) is 12.0 Å². The molecule has 6 heteroatoms. The van der Waals surface area contributed by atoms with Gasteiger partial charge in [0.1, 0.15) is 0 Å². The lowest BCUT2D eigenvalue weighted by Crippen LogP contribution is -2.31. The smallest absolute Gasteiger partial charge is 0.264 e. The van der Waals surface area contributed by atoms with Crippen LogP contribution >= 0.6 is 0 Å². The molecule has 0 radical (unpaired) electrons. The summed E-state index contributed by atoms with van der Waals surface area (Å²) >= 11 is 0. The van der Waals surface area contributed by atoms with Crippen LogP contribution in [0.4, 0.5) is 0 Å². The maximum Gasteiger partial charge on any atom is 0.264 e. The molecule has 0 unspecified atom stereocenters. The van der Waals surface area contributed by atoms with Crippen LogP contribution in [0.15, 0.2) is 23.1 Å². The molecule has 1 saturated heterocycles. The first kappa shape index (κ1) is 16.0. The number of hydrogen-bond donors (Lipinski definition) is 1. The van der Waals surface area contributed by atoms with Gasteiger partial charge in [-0.3, -0.25) is 4.79 Å². The summed E-state index contributed by atoms with van der Waals surface area (Å²) in [7, 11) is -3.79. The maximum absolute atomic E-state index is 12.2. The van der Waals surface area contributed by atoms with Crippen LogP contribution in [-0.2, 0) is 19.6 Å². The Morgan fingerprint density at radius 2 is 2.14 bits per heavy atom. The molecule has 1 heterocycles. The van der Waals surface area contributed by atoms with Crippen molar-refractivity contribution in [2.24, 2.45) is 0 Å². The topological polar surface area (TPSA) is 72.5 Å². The van der Waals surface area contributed by atoms with E-state index < -0.39 is 15.9 Å². The van der Waals surface area contributed by atoms with E-state index >= 15 is 0 Å². The Hall–Kier alpha value is -1.40. The van der Waals surface area contributed by atoms with Crippen molar-refractivity contribution in [3.63, 3.8) is 0 Å². The van der Waals surface area contributed by atoms with Gasteiger partial charge in [0.2, 0.25) is 5.91 Å². The fraction of sp³-hybridized carbons (Fsp3) is 0.533. The van der Waals surface area contributed by atoms with Crippen LogP contribution in [0.5, 0.6) is 0 Å². The molecule has 21 heavy (non-hydrogen) atoms. The van der Waals surface area contributed by atoms with E-state index in [9.17, 15) is 13.2 Å². The summed E-state index contributed by atoms with van der Waals surface area (Å²) in [5, 5.41) is 0. The third-order valence-electron chi connectivity index (χ3n) is 3.59. The summed E-state index contributed by atoms with van der Waals surface area (Å²) in [5.41, 5.74) is 1.62. The Labute approximate surface area is 125 Å². The third-order valence-corrected chi connectivity index (χ3v) is 5.12. The molecule has 0 spiro atoms. The summed E-state index contributed by atoms with van der Waals surface area (Å²) in [6, 6.07) is 5.03. The molecule has 1 N–H and O–H groups in total. The fourth-order valence-corrected chi connectivity index (χ4v) is 3.76. The third kappa shape index (κ3) is 4.28. The number of nitrogens with one attached hydrogen (secondary N) is 1. The summed E-state index contributed by atoms with van der Waals surface area (Å²) in [6.07, 6.45) is 2.76. The van der Waals surface area contributed by atoms with Gasteiger partial charge in [0, 0.05) is 13.0 Å². The minimum atomic E-state index is -3.79. The molecule has 1 aliphatic rings. The number of sulfonamides is 1. The summed E-state index contributed by atoms with van der Waals surface area (Å²) in [5.74, 6) is -0.481. The molecule has 0 aromatic heterocycles. The second-order valence-corrected chi connectivity index (χ2v) is 7.12. The van der Waals surface area contributed by atoms with E-state index in [4.69, 9.17) is 4.74 Å². The van der Waals surface area contributed by atoms with Crippen LogP contribution in [0.2, 0.25) is 0 Å². The number of carbonyl (C=O) groups excluding carboxylic acids is 1. The van der Waals surface area contributed by atoms with Crippen molar-refractivity contribution >= 4 is 15.9 Å². The van der Waals surface area contributed by atoms with Gasteiger partial charge in [0.15, 0.2) is 0 Å². The van der Waals surface area contributed by atoms with Crippen LogP contribution in [-0.4, -0.2) is 27.0 Å². The Morgan fingerprint density at radius 1 is 1.38 bits per heavy atom. The number of rotatable bonds is 5. The number of amides is 1. The van der Waals surface area contributed by atoms with Crippen LogP contribution < -0.4 is 4.72 Å². The van der Waals surface area contributed by atoms with E-state index in [0.717, 1.165) is 25.0 Å². The van der Waals surface area contributed by atoms with Gasteiger partial charge < -0.3 is 4.74 Å². The minimum Gasteiger partial charge on any atom is -0.378 e. The molecule has 116 valence electrons. The first-order chi connectivity index (χ1) is 9.88. The molecule has 1 fully saturated rings. The van der Waals surface area contributed by atoms with E-state index in [1.54, 1.807) is 19.1 Å². The lowest BCUT2D eigenvalue weighted by molar-refractivity contribution is -0.119. The van der Waals surface area contributed by atoms with Crippen molar-refractivity contribution in [3.8, 4) is 0 Å². The number of carbonyl (C=O) groups is 1. The van der Waals surface area contributed by atoms with E-state index in [1.807, 2.05) is 6.92 Å². The van der Waals surface area contributed by atoms with E-state index in [2.05, 4.69) is 4.72 Å². The second-order valence-electron chi connectivity index (χ2n) is 5.47. The quantitative estimate of drug-likeness (QED) is 0.903. The molecule has 0 saturated carbocycles. The molecule has 2 rings (SSSR count). The number of aryl methyl sites for hydroxylation is 2. The SMILES string of the molecule is Cc1ccc(S(=O)(=O)NC(=O)CC[C@@H]2CCCO2)c(C)c1. The van der Waals surface area contributed by atoms with Gasteiger partial charge in [0.25, 0.3) is 10.0 Å². The predicted octanol–water partition coefficient (Wildman–Crippen LogP) is 2.07. The Balaban J connectivity index is 1.97.